The van der Waals surface area contributed by atoms with Gasteiger partial charge in [-0.15, -0.1) is 0 Å². The van der Waals surface area contributed by atoms with E-state index in [-0.39, 0.29) is 58.6 Å². The zero-order valence-electron chi connectivity index (χ0n) is 20.0. The number of hydrogen-bond acceptors (Lipinski definition) is 7. The number of aromatic amines is 1. The van der Waals surface area contributed by atoms with Gasteiger partial charge in [-0.2, -0.15) is 0 Å². The molecule has 0 unspecified atom stereocenters. The third kappa shape index (κ3) is 4.57. The molecule has 7 N–H and O–H groups in total. The molecule has 1 heterocycles. The second-order valence-electron chi connectivity index (χ2n) is 8.57. The summed E-state index contributed by atoms with van der Waals surface area (Å²) in [4.78, 5) is 20.1. The molecule has 0 atom stereocenters. The van der Waals surface area contributed by atoms with Gasteiger partial charge < -0.3 is 35.5 Å². The molecule has 0 spiro atoms. The number of aromatic nitrogens is 2. The lowest BCUT2D eigenvalue weighted by atomic mass is 9.79. The van der Waals surface area contributed by atoms with Gasteiger partial charge in [0.15, 0.2) is 0 Å². The minimum Gasteiger partial charge on any atom is -0.507 e. The SMILES string of the molecule is COCC(COC)(C(=O)O)c1cc(-c2nc3ccc(C(=N)N)cc3[nH]2)c(O)c(-c2cc(F)ccc2O)c1. The maximum atomic E-state index is 14.2. The van der Waals surface area contributed by atoms with Gasteiger partial charge in [0.05, 0.1) is 29.8 Å². The number of halogens is 1. The minimum absolute atomic E-state index is 0.0211. The number of phenolic OH excluding ortho intramolecular Hbond substituents is 2. The molecule has 4 rings (SSSR count). The number of carboxylic acids is 1. The number of aliphatic carboxylic acids is 1. The lowest BCUT2D eigenvalue weighted by Gasteiger charge is -2.29. The van der Waals surface area contributed by atoms with Crippen LogP contribution in [-0.4, -0.2) is 64.5 Å². The number of fused-ring (bicyclic) bond motifs is 1. The summed E-state index contributed by atoms with van der Waals surface area (Å²) in [5.41, 5.74) is 5.53. The summed E-state index contributed by atoms with van der Waals surface area (Å²) in [5, 5.41) is 39.7. The molecule has 192 valence electrons. The smallest absolute Gasteiger partial charge is 0.318 e. The third-order valence-corrected chi connectivity index (χ3v) is 6.15. The number of imidazole rings is 1. The van der Waals surface area contributed by atoms with Crippen LogP contribution in [0.15, 0.2) is 48.5 Å². The van der Waals surface area contributed by atoms with Crippen LogP contribution in [0.25, 0.3) is 33.5 Å². The average Bonchev–Trinajstić information content (AvgIpc) is 3.28. The Labute approximate surface area is 210 Å². The van der Waals surface area contributed by atoms with Crippen LogP contribution in [0.1, 0.15) is 11.1 Å². The lowest BCUT2D eigenvalue weighted by molar-refractivity contribution is -0.148. The van der Waals surface area contributed by atoms with Gasteiger partial charge in [-0.05, 0) is 54.1 Å². The lowest BCUT2D eigenvalue weighted by Crippen LogP contribution is -2.44. The number of H-pyrrole nitrogens is 1. The molecule has 0 fully saturated rings. The molecule has 0 radical (unpaired) electrons. The number of carbonyl (C=O) groups is 1. The number of nitrogen functional groups attached to an aromatic ring is 1. The average molecular weight is 509 g/mol. The molecule has 3 aromatic carbocycles. The minimum atomic E-state index is -1.71. The number of hydrogen-bond donors (Lipinski definition) is 6. The van der Waals surface area contributed by atoms with Gasteiger partial charge in [-0.3, -0.25) is 10.2 Å². The first kappa shape index (κ1) is 25.6. The summed E-state index contributed by atoms with van der Waals surface area (Å²) in [6, 6.07) is 10.9. The Morgan fingerprint density at radius 2 is 1.73 bits per heavy atom. The van der Waals surface area contributed by atoms with Gasteiger partial charge in [-0.1, -0.05) is 0 Å². The van der Waals surface area contributed by atoms with Crippen molar-refractivity contribution in [1.29, 1.82) is 5.41 Å². The van der Waals surface area contributed by atoms with Crippen LogP contribution < -0.4 is 5.73 Å². The molecule has 0 saturated heterocycles. The molecule has 0 amide bonds. The summed E-state index contributed by atoms with van der Waals surface area (Å²) in [6.45, 7) is -0.561. The molecular formula is C26H25FN4O6. The summed E-state index contributed by atoms with van der Waals surface area (Å²) in [5.74, 6) is -2.59. The Kier molecular flexibility index (Phi) is 6.84. The van der Waals surface area contributed by atoms with Crippen molar-refractivity contribution in [2.75, 3.05) is 27.4 Å². The fourth-order valence-electron chi connectivity index (χ4n) is 4.27. The molecule has 1 aromatic heterocycles. The second-order valence-corrected chi connectivity index (χ2v) is 8.57. The number of benzene rings is 3. The van der Waals surface area contributed by atoms with E-state index in [0.717, 1.165) is 18.2 Å². The molecule has 37 heavy (non-hydrogen) atoms. The number of ether oxygens (including phenoxy) is 2. The van der Waals surface area contributed by atoms with E-state index < -0.39 is 17.2 Å². The number of methoxy groups -OCH3 is 2. The highest BCUT2D eigenvalue weighted by atomic mass is 19.1. The van der Waals surface area contributed by atoms with Gasteiger partial charge >= 0.3 is 5.97 Å². The molecule has 0 saturated carbocycles. The zero-order valence-corrected chi connectivity index (χ0v) is 20.0. The molecule has 0 aliphatic carbocycles. The number of amidine groups is 1. The number of aromatic hydroxyl groups is 2. The maximum absolute atomic E-state index is 14.2. The van der Waals surface area contributed by atoms with Crippen molar-refractivity contribution in [3.05, 3.63) is 65.5 Å². The Balaban J connectivity index is 2.05. The topological polar surface area (TPSA) is 175 Å². The van der Waals surface area contributed by atoms with E-state index in [1.54, 1.807) is 18.2 Å². The highest BCUT2D eigenvalue weighted by Gasteiger charge is 2.42. The highest BCUT2D eigenvalue weighted by molar-refractivity contribution is 5.98. The largest absolute Gasteiger partial charge is 0.507 e. The van der Waals surface area contributed by atoms with E-state index in [1.807, 2.05) is 0 Å². The predicted molar refractivity (Wildman–Crippen MR) is 134 cm³/mol. The third-order valence-electron chi connectivity index (χ3n) is 6.15. The van der Waals surface area contributed by atoms with E-state index in [4.69, 9.17) is 20.6 Å². The van der Waals surface area contributed by atoms with Gasteiger partial charge in [0.25, 0.3) is 0 Å². The first-order valence-corrected chi connectivity index (χ1v) is 11.0. The summed E-state index contributed by atoms with van der Waals surface area (Å²) in [7, 11) is 2.69. The Bertz CT molecular complexity index is 1510. The summed E-state index contributed by atoms with van der Waals surface area (Å²) < 4.78 is 24.6. The second kappa shape index (κ2) is 9.88. The molecule has 0 aliphatic rings. The maximum Gasteiger partial charge on any atom is 0.318 e. The quantitative estimate of drug-likeness (QED) is 0.147. The monoisotopic (exact) mass is 508 g/mol. The van der Waals surface area contributed by atoms with E-state index >= 15 is 0 Å². The summed E-state index contributed by atoms with van der Waals surface area (Å²) >= 11 is 0. The van der Waals surface area contributed by atoms with Crippen LogP contribution in [-0.2, 0) is 19.7 Å². The van der Waals surface area contributed by atoms with Crippen LogP contribution in [0.2, 0.25) is 0 Å². The Morgan fingerprint density at radius 3 is 2.35 bits per heavy atom. The molecule has 4 aromatic rings. The van der Waals surface area contributed by atoms with Crippen molar-refractivity contribution in [3.63, 3.8) is 0 Å². The van der Waals surface area contributed by atoms with Crippen LogP contribution in [0.4, 0.5) is 4.39 Å². The normalized spacial score (nSPS) is 11.6. The van der Waals surface area contributed by atoms with Gasteiger partial charge in [-0.25, -0.2) is 9.37 Å². The van der Waals surface area contributed by atoms with Crippen molar-refractivity contribution in [2.24, 2.45) is 5.73 Å². The van der Waals surface area contributed by atoms with E-state index in [9.17, 15) is 24.5 Å². The molecule has 0 aliphatic heterocycles. The first-order valence-electron chi connectivity index (χ1n) is 11.0. The van der Waals surface area contributed by atoms with Crippen LogP contribution >= 0.6 is 0 Å². The van der Waals surface area contributed by atoms with Crippen molar-refractivity contribution in [3.8, 4) is 34.0 Å². The number of carboxylic acid groups (broad SMARTS) is 1. The van der Waals surface area contributed by atoms with Crippen molar-refractivity contribution < 1.29 is 34.0 Å². The van der Waals surface area contributed by atoms with E-state index in [1.165, 1.54) is 26.4 Å². The van der Waals surface area contributed by atoms with Crippen molar-refractivity contribution in [2.45, 2.75) is 5.41 Å². The predicted octanol–water partition coefficient (Wildman–Crippen LogP) is 3.35. The van der Waals surface area contributed by atoms with Crippen molar-refractivity contribution >= 4 is 22.8 Å². The zero-order chi connectivity index (χ0) is 26.9. The number of rotatable bonds is 9. The number of nitrogens with zero attached hydrogens (tertiary/aromatic N) is 1. The molecule has 10 nitrogen and oxygen atoms in total. The number of nitrogens with one attached hydrogen (secondary N) is 2. The number of phenols is 2. The van der Waals surface area contributed by atoms with Gasteiger partial charge in [0.2, 0.25) is 0 Å². The molecular weight excluding hydrogens is 483 g/mol. The standard InChI is InChI=1S/C26H25FN4O6/c1-36-11-26(12-37-2,25(34)35)14-8-17(16-10-15(27)4-6-21(16)32)22(33)18(9-14)24-30-19-5-3-13(23(28)29)7-20(19)31-24/h3-10,32-33H,11-12H2,1-2H3,(H3,28,29)(H,30,31)(H,34,35). The Morgan fingerprint density at radius 1 is 1.05 bits per heavy atom. The van der Waals surface area contributed by atoms with Crippen LogP contribution in [0, 0.1) is 11.2 Å². The van der Waals surface area contributed by atoms with Crippen LogP contribution in [0.3, 0.4) is 0 Å². The van der Waals surface area contributed by atoms with Crippen LogP contribution in [0.5, 0.6) is 11.5 Å². The van der Waals surface area contributed by atoms with E-state index in [0.29, 0.717) is 16.6 Å². The summed E-state index contributed by atoms with van der Waals surface area (Å²) in [6.07, 6.45) is 0. The van der Waals surface area contributed by atoms with E-state index in [2.05, 4.69) is 9.97 Å². The van der Waals surface area contributed by atoms with Gasteiger partial charge in [0.1, 0.15) is 34.4 Å². The highest BCUT2D eigenvalue weighted by Crippen LogP contribution is 2.44. The first-order chi connectivity index (χ1) is 17.6. The number of nitrogens with two attached hydrogens (primary N) is 1. The Hall–Kier alpha value is -4.48. The molecule has 11 heteroatoms. The van der Waals surface area contributed by atoms with Gasteiger partial charge in [0, 0.05) is 30.9 Å². The van der Waals surface area contributed by atoms with Crippen molar-refractivity contribution in [1.82, 2.24) is 9.97 Å². The molecule has 0 bridgehead atoms. The fraction of sp³-hybridized carbons (Fsp3) is 0.192. The fourth-order valence-corrected chi connectivity index (χ4v) is 4.27.